The summed E-state index contributed by atoms with van der Waals surface area (Å²) in [6.45, 7) is 2.33. The van der Waals surface area contributed by atoms with Crippen molar-refractivity contribution in [3.05, 3.63) is 87.4 Å². The van der Waals surface area contributed by atoms with E-state index in [0.29, 0.717) is 23.1 Å². The van der Waals surface area contributed by atoms with Gasteiger partial charge in [-0.05, 0) is 42.3 Å². The van der Waals surface area contributed by atoms with E-state index in [-0.39, 0.29) is 11.8 Å². The maximum absolute atomic E-state index is 9.60. The van der Waals surface area contributed by atoms with Gasteiger partial charge in [-0.15, -0.1) is 5.10 Å². The predicted molar refractivity (Wildman–Crippen MR) is 105 cm³/mol. The van der Waals surface area contributed by atoms with Gasteiger partial charge in [-0.25, -0.2) is 0 Å². The molecule has 2 heterocycles. The normalized spacial score (nSPS) is 15.5. The first-order valence-electron chi connectivity index (χ1n) is 8.66. The summed E-state index contributed by atoms with van der Waals surface area (Å²) in [5, 5.41) is 17.3. The number of halogens is 1. The number of aromatic nitrogens is 2. The van der Waals surface area contributed by atoms with Crippen LogP contribution in [0.4, 0.5) is 0 Å². The van der Waals surface area contributed by atoms with Crippen molar-refractivity contribution in [1.82, 2.24) is 10.2 Å². The van der Waals surface area contributed by atoms with Gasteiger partial charge in [0.1, 0.15) is 24.0 Å². The SMILES string of the molecule is Cc1[nH]nc2c1[C@@H](c1ccc(OCc3ccc(Cl)cc3)cc1)C(C#N)=C(N)O2. The van der Waals surface area contributed by atoms with E-state index in [4.69, 9.17) is 26.8 Å². The average molecular weight is 393 g/mol. The standard InChI is InChI=1S/C21H17ClN4O2/c1-12-18-19(17(10-23)20(24)28-21(18)26-25-12)14-4-8-16(9-5-14)27-11-13-2-6-15(22)7-3-13/h2-9,19H,11,24H2,1H3,(H,25,26)/t19-/m0/s1. The highest BCUT2D eigenvalue weighted by Gasteiger charge is 2.34. The Labute approximate surface area is 167 Å². The maximum atomic E-state index is 9.60. The van der Waals surface area contributed by atoms with Gasteiger partial charge in [-0.2, -0.15) is 5.26 Å². The number of allylic oxidation sites excluding steroid dienone is 1. The van der Waals surface area contributed by atoms with Crippen LogP contribution in [0.2, 0.25) is 5.02 Å². The van der Waals surface area contributed by atoms with Gasteiger partial charge in [0.2, 0.25) is 11.8 Å². The van der Waals surface area contributed by atoms with Gasteiger partial charge in [0.15, 0.2) is 0 Å². The van der Waals surface area contributed by atoms with Crippen molar-refractivity contribution >= 4 is 11.6 Å². The van der Waals surface area contributed by atoms with Crippen LogP contribution < -0.4 is 15.2 Å². The minimum atomic E-state index is -0.335. The van der Waals surface area contributed by atoms with Crippen LogP contribution in [-0.2, 0) is 6.61 Å². The number of fused-ring (bicyclic) bond motifs is 1. The zero-order chi connectivity index (χ0) is 19.7. The van der Waals surface area contributed by atoms with Crippen LogP contribution in [0, 0.1) is 18.3 Å². The molecule has 3 aromatic rings. The molecule has 0 radical (unpaired) electrons. The van der Waals surface area contributed by atoms with Crippen LogP contribution >= 0.6 is 11.6 Å². The summed E-state index contributed by atoms with van der Waals surface area (Å²) in [5.41, 5.74) is 9.90. The van der Waals surface area contributed by atoms with Gasteiger partial charge in [0.05, 0.1) is 5.92 Å². The summed E-state index contributed by atoms with van der Waals surface area (Å²) in [5.74, 6) is 0.875. The molecule has 1 aliphatic rings. The van der Waals surface area contributed by atoms with Crippen LogP contribution in [0.5, 0.6) is 11.6 Å². The Hall–Kier alpha value is -3.43. The van der Waals surface area contributed by atoms with Crippen molar-refractivity contribution in [3.8, 4) is 17.7 Å². The molecule has 0 fully saturated rings. The van der Waals surface area contributed by atoms with Crippen molar-refractivity contribution in [2.24, 2.45) is 5.73 Å². The Morgan fingerprint density at radius 2 is 1.93 bits per heavy atom. The monoisotopic (exact) mass is 392 g/mol. The van der Waals surface area contributed by atoms with Crippen LogP contribution in [-0.4, -0.2) is 10.2 Å². The largest absolute Gasteiger partial charge is 0.489 e. The summed E-state index contributed by atoms with van der Waals surface area (Å²) in [6.07, 6.45) is 0. The minimum absolute atomic E-state index is 0.0783. The molecule has 7 heteroatoms. The van der Waals surface area contributed by atoms with Crippen LogP contribution in [0.3, 0.4) is 0 Å². The highest BCUT2D eigenvalue weighted by atomic mass is 35.5. The van der Waals surface area contributed by atoms with Gasteiger partial charge in [0, 0.05) is 16.3 Å². The van der Waals surface area contributed by atoms with E-state index in [1.54, 1.807) is 0 Å². The Kier molecular flexibility index (Phi) is 4.68. The number of nitrogens with one attached hydrogen (secondary N) is 1. The molecule has 6 nitrogen and oxygen atoms in total. The van der Waals surface area contributed by atoms with Gasteiger partial charge in [-0.3, -0.25) is 5.10 Å². The lowest BCUT2D eigenvalue weighted by Crippen LogP contribution is -2.21. The molecule has 0 aliphatic carbocycles. The maximum Gasteiger partial charge on any atom is 0.244 e. The fraction of sp³-hybridized carbons (Fsp3) is 0.143. The van der Waals surface area contributed by atoms with E-state index in [1.807, 2.05) is 55.5 Å². The van der Waals surface area contributed by atoms with Crippen LogP contribution in [0.25, 0.3) is 0 Å². The van der Waals surface area contributed by atoms with Gasteiger partial charge < -0.3 is 15.2 Å². The van der Waals surface area contributed by atoms with E-state index < -0.39 is 0 Å². The molecule has 2 aromatic carbocycles. The number of hydrogen-bond acceptors (Lipinski definition) is 5. The fourth-order valence-electron chi connectivity index (χ4n) is 3.24. The summed E-state index contributed by atoms with van der Waals surface area (Å²) >= 11 is 5.90. The third kappa shape index (κ3) is 3.28. The minimum Gasteiger partial charge on any atom is -0.489 e. The summed E-state index contributed by atoms with van der Waals surface area (Å²) in [6, 6.07) is 17.3. The second-order valence-corrected chi connectivity index (χ2v) is 6.91. The quantitative estimate of drug-likeness (QED) is 0.694. The molecule has 0 amide bonds. The first-order valence-corrected chi connectivity index (χ1v) is 9.04. The zero-order valence-electron chi connectivity index (χ0n) is 15.1. The highest BCUT2D eigenvalue weighted by Crippen LogP contribution is 2.42. The van der Waals surface area contributed by atoms with Crippen LogP contribution in [0.15, 0.2) is 60.0 Å². The molecule has 3 N–H and O–H groups in total. The summed E-state index contributed by atoms with van der Waals surface area (Å²) in [4.78, 5) is 0. The number of nitrogens with two attached hydrogens (primary N) is 1. The third-order valence-electron chi connectivity index (χ3n) is 4.66. The predicted octanol–water partition coefficient (Wildman–Crippen LogP) is 4.17. The molecule has 0 bridgehead atoms. The molecule has 1 aromatic heterocycles. The molecule has 28 heavy (non-hydrogen) atoms. The highest BCUT2D eigenvalue weighted by molar-refractivity contribution is 6.30. The van der Waals surface area contributed by atoms with Crippen molar-refractivity contribution < 1.29 is 9.47 Å². The fourth-order valence-corrected chi connectivity index (χ4v) is 3.36. The second kappa shape index (κ2) is 7.29. The Balaban J connectivity index is 1.58. The van der Waals surface area contributed by atoms with E-state index in [0.717, 1.165) is 28.1 Å². The Morgan fingerprint density at radius 1 is 1.21 bits per heavy atom. The number of H-pyrrole nitrogens is 1. The third-order valence-corrected chi connectivity index (χ3v) is 4.91. The Bertz CT molecular complexity index is 1080. The van der Waals surface area contributed by atoms with E-state index in [9.17, 15) is 5.26 Å². The van der Waals surface area contributed by atoms with E-state index in [1.165, 1.54) is 0 Å². The molecule has 140 valence electrons. The topological polar surface area (TPSA) is 97.0 Å². The molecule has 1 aliphatic heterocycles. The number of ether oxygens (including phenoxy) is 2. The van der Waals surface area contributed by atoms with Gasteiger partial charge >= 0.3 is 0 Å². The zero-order valence-corrected chi connectivity index (χ0v) is 15.8. The number of benzene rings is 2. The lowest BCUT2D eigenvalue weighted by Gasteiger charge is -2.23. The Morgan fingerprint density at radius 3 is 2.61 bits per heavy atom. The summed E-state index contributed by atoms with van der Waals surface area (Å²) < 4.78 is 11.3. The molecule has 0 saturated carbocycles. The first-order chi connectivity index (χ1) is 13.6. The summed E-state index contributed by atoms with van der Waals surface area (Å²) in [7, 11) is 0. The average Bonchev–Trinajstić information content (AvgIpc) is 3.07. The van der Waals surface area contributed by atoms with E-state index in [2.05, 4.69) is 16.3 Å². The number of nitriles is 1. The van der Waals surface area contributed by atoms with Gasteiger partial charge in [-0.1, -0.05) is 35.9 Å². The number of aromatic amines is 1. The van der Waals surface area contributed by atoms with Crippen molar-refractivity contribution in [2.75, 3.05) is 0 Å². The molecular weight excluding hydrogens is 376 g/mol. The number of nitrogens with zero attached hydrogens (tertiary/aromatic N) is 2. The molecule has 0 saturated heterocycles. The molecule has 0 unspecified atom stereocenters. The first kappa shape index (κ1) is 18.0. The molecule has 4 rings (SSSR count). The van der Waals surface area contributed by atoms with Crippen LogP contribution in [0.1, 0.15) is 28.3 Å². The lowest BCUT2D eigenvalue weighted by atomic mass is 9.84. The smallest absolute Gasteiger partial charge is 0.244 e. The molecule has 0 spiro atoms. The van der Waals surface area contributed by atoms with Crippen molar-refractivity contribution in [1.29, 1.82) is 5.26 Å². The number of aryl methyl sites for hydroxylation is 1. The van der Waals surface area contributed by atoms with Gasteiger partial charge in [0.25, 0.3) is 0 Å². The number of hydrogen-bond donors (Lipinski definition) is 2. The number of rotatable bonds is 4. The molecular formula is C21H17ClN4O2. The van der Waals surface area contributed by atoms with Crippen molar-refractivity contribution in [3.63, 3.8) is 0 Å². The van der Waals surface area contributed by atoms with E-state index >= 15 is 0 Å². The van der Waals surface area contributed by atoms with Crippen molar-refractivity contribution in [2.45, 2.75) is 19.4 Å². The molecule has 1 atom stereocenters. The lowest BCUT2D eigenvalue weighted by molar-refractivity contribution is 0.306. The second-order valence-electron chi connectivity index (χ2n) is 6.48.